The van der Waals surface area contributed by atoms with Gasteiger partial charge in [0.15, 0.2) is 5.82 Å². The molecule has 0 spiro atoms. The molecule has 0 unspecified atom stereocenters. The normalized spacial score (nSPS) is 11.8. The van der Waals surface area contributed by atoms with E-state index in [-0.39, 0.29) is 0 Å². The molecule has 12 aromatic rings. The summed E-state index contributed by atoms with van der Waals surface area (Å²) >= 11 is 0. The molecule has 4 heteroatoms. The van der Waals surface area contributed by atoms with E-state index in [0.717, 1.165) is 50.2 Å². The van der Waals surface area contributed by atoms with E-state index < -0.39 is 0 Å². The third-order valence-electron chi connectivity index (χ3n) is 11.7. The van der Waals surface area contributed by atoms with Crippen LogP contribution in [0.1, 0.15) is 0 Å². The first kappa shape index (κ1) is 32.4. The minimum Gasteiger partial charge on any atom is -0.309 e. The van der Waals surface area contributed by atoms with E-state index in [0.29, 0.717) is 5.82 Å². The fraction of sp³-hybridized carbons (Fsp3) is 0. The number of nitrogens with zero attached hydrogens (tertiary/aromatic N) is 4. The van der Waals surface area contributed by atoms with Gasteiger partial charge in [0.05, 0.1) is 44.8 Å². The molecular formula is C54H34N4. The minimum absolute atomic E-state index is 0.680. The number of hydrogen-bond acceptors (Lipinski definition) is 2. The highest BCUT2D eigenvalue weighted by Crippen LogP contribution is 2.44. The molecule has 3 heterocycles. The van der Waals surface area contributed by atoms with Crippen LogP contribution in [-0.4, -0.2) is 19.1 Å². The van der Waals surface area contributed by atoms with Crippen molar-refractivity contribution < 1.29 is 0 Å². The van der Waals surface area contributed by atoms with Crippen molar-refractivity contribution in [2.24, 2.45) is 0 Å². The number of benzene rings is 9. The highest BCUT2D eigenvalue weighted by atomic mass is 15.0. The number of fused-ring (bicyclic) bond motifs is 9. The second-order valence-corrected chi connectivity index (χ2v) is 14.9. The molecular weight excluding hydrogens is 705 g/mol. The van der Waals surface area contributed by atoms with Crippen molar-refractivity contribution in [2.45, 2.75) is 0 Å². The Morgan fingerprint density at radius 1 is 0.310 bits per heavy atom. The summed E-state index contributed by atoms with van der Waals surface area (Å²) in [7, 11) is 0. The first-order valence-corrected chi connectivity index (χ1v) is 19.8. The molecule has 270 valence electrons. The lowest BCUT2D eigenvalue weighted by atomic mass is 10.0. The minimum atomic E-state index is 0.680. The van der Waals surface area contributed by atoms with E-state index >= 15 is 0 Å². The molecule has 0 atom stereocenters. The van der Waals surface area contributed by atoms with Crippen molar-refractivity contribution in [1.82, 2.24) is 19.1 Å². The topological polar surface area (TPSA) is 35.6 Å². The van der Waals surface area contributed by atoms with Gasteiger partial charge in [-0.15, -0.1) is 0 Å². The van der Waals surface area contributed by atoms with Gasteiger partial charge in [0.25, 0.3) is 0 Å². The molecule has 0 bridgehead atoms. The fourth-order valence-electron chi connectivity index (χ4n) is 9.21. The predicted octanol–water partition coefficient (Wildman–Crippen LogP) is 14.0. The number of rotatable bonds is 5. The van der Waals surface area contributed by atoms with Gasteiger partial charge in [-0.1, -0.05) is 158 Å². The van der Waals surface area contributed by atoms with Crippen LogP contribution in [0.3, 0.4) is 0 Å². The summed E-state index contributed by atoms with van der Waals surface area (Å²) in [6, 6.07) is 73.6. The third-order valence-corrected chi connectivity index (χ3v) is 11.7. The maximum Gasteiger partial charge on any atom is 0.162 e. The Morgan fingerprint density at radius 3 is 1.52 bits per heavy atom. The summed E-state index contributed by atoms with van der Waals surface area (Å²) in [5.74, 6) is 0.680. The zero-order chi connectivity index (χ0) is 38.2. The van der Waals surface area contributed by atoms with Crippen LogP contribution in [-0.2, 0) is 0 Å². The van der Waals surface area contributed by atoms with Crippen molar-refractivity contribution in [2.75, 3.05) is 0 Å². The van der Waals surface area contributed by atoms with Crippen molar-refractivity contribution in [1.29, 1.82) is 0 Å². The first-order chi connectivity index (χ1) is 28.8. The average molecular weight is 739 g/mol. The van der Waals surface area contributed by atoms with Gasteiger partial charge >= 0.3 is 0 Å². The van der Waals surface area contributed by atoms with Gasteiger partial charge in [-0.05, 0) is 64.7 Å². The summed E-state index contributed by atoms with van der Waals surface area (Å²) in [6.45, 7) is 0. The molecule has 4 nitrogen and oxygen atoms in total. The largest absolute Gasteiger partial charge is 0.309 e. The molecule has 0 radical (unpaired) electrons. The van der Waals surface area contributed by atoms with E-state index in [1.54, 1.807) is 0 Å². The standard InChI is InChI=1S/C54H34N4/c1-2-18-37(19-3-1)44-34-45(40-27-14-20-35-16-4-6-22-38(35)40)56-54(55-44)43-26-10-13-30-49(43)58-48-29-12-9-25-42(48)53-51(58)33-32-50-52(53)41-24-8-11-28-47(41)57(50)46-31-15-21-36-17-5-7-23-39(36)46/h1-34H. The Kier molecular flexibility index (Phi) is 7.20. The molecule has 12 rings (SSSR count). The number of hydrogen-bond donors (Lipinski definition) is 0. The molecule has 9 aromatic carbocycles. The fourth-order valence-corrected chi connectivity index (χ4v) is 9.21. The molecule has 0 saturated carbocycles. The van der Waals surface area contributed by atoms with Gasteiger partial charge < -0.3 is 9.13 Å². The second-order valence-electron chi connectivity index (χ2n) is 14.9. The van der Waals surface area contributed by atoms with Crippen LogP contribution in [0.4, 0.5) is 0 Å². The van der Waals surface area contributed by atoms with Gasteiger partial charge in [-0.25, -0.2) is 9.97 Å². The quantitative estimate of drug-likeness (QED) is 0.176. The van der Waals surface area contributed by atoms with E-state index in [1.807, 2.05) is 6.07 Å². The smallest absolute Gasteiger partial charge is 0.162 e. The van der Waals surface area contributed by atoms with Gasteiger partial charge in [0.2, 0.25) is 0 Å². The SMILES string of the molecule is c1ccc(-c2cc(-c3cccc4ccccc34)nc(-c3ccccc3-n3c4ccccc4c4c5c6ccccc6n(-c6cccc7ccccc67)c5ccc43)n2)cc1. The van der Waals surface area contributed by atoms with Gasteiger partial charge in [-0.3, -0.25) is 0 Å². The van der Waals surface area contributed by atoms with E-state index in [2.05, 4.69) is 209 Å². The van der Waals surface area contributed by atoms with E-state index in [1.165, 1.54) is 54.4 Å². The molecule has 3 aromatic heterocycles. The molecule has 0 amide bonds. The number of para-hydroxylation sites is 3. The van der Waals surface area contributed by atoms with Crippen molar-refractivity contribution in [3.8, 4) is 45.3 Å². The molecule has 0 fully saturated rings. The zero-order valence-corrected chi connectivity index (χ0v) is 31.4. The third kappa shape index (κ3) is 4.88. The molecule has 58 heavy (non-hydrogen) atoms. The predicted molar refractivity (Wildman–Crippen MR) is 242 cm³/mol. The van der Waals surface area contributed by atoms with Crippen LogP contribution in [0, 0.1) is 0 Å². The first-order valence-electron chi connectivity index (χ1n) is 19.8. The number of aromatic nitrogens is 4. The Labute approximate surface area is 334 Å². The second kappa shape index (κ2) is 12.9. The summed E-state index contributed by atoms with van der Waals surface area (Å²) in [4.78, 5) is 10.7. The lowest BCUT2D eigenvalue weighted by molar-refractivity contribution is 1.14. The average Bonchev–Trinajstić information content (AvgIpc) is 3.81. The van der Waals surface area contributed by atoms with Crippen LogP contribution in [0.5, 0.6) is 0 Å². The van der Waals surface area contributed by atoms with Crippen LogP contribution < -0.4 is 0 Å². The highest BCUT2D eigenvalue weighted by molar-refractivity contribution is 6.29. The Morgan fingerprint density at radius 2 is 0.793 bits per heavy atom. The molecule has 0 saturated heterocycles. The Hall–Kier alpha value is -7.82. The van der Waals surface area contributed by atoms with E-state index in [4.69, 9.17) is 9.97 Å². The highest BCUT2D eigenvalue weighted by Gasteiger charge is 2.23. The molecule has 0 N–H and O–H groups in total. The molecule has 0 aliphatic heterocycles. The Bertz CT molecular complexity index is 3560. The zero-order valence-electron chi connectivity index (χ0n) is 31.4. The lowest BCUT2D eigenvalue weighted by Crippen LogP contribution is -2.01. The van der Waals surface area contributed by atoms with Crippen molar-refractivity contribution in [3.63, 3.8) is 0 Å². The van der Waals surface area contributed by atoms with Crippen molar-refractivity contribution >= 4 is 65.2 Å². The van der Waals surface area contributed by atoms with Gasteiger partial charge in [-0.2, -0.15) is 0 Å². The summed E-state index contributed by atoms with van der Waals surface area (Å²) < 4.78 is 4.86. The van der Waals surface area contributed by atoms with Crippen LogP contribution >= 0.6 is 0 Å². The van der Waals surface area contributed by atoms with Crippen LogP contribution in [0.15, 0.2) is 206 Å². The van der Waals surface area contributed by atoms with Gasteiger partial charge in [0.1, 0.15) is 0 Å². The van der Waals surface area contributed by atoms with Crippen LogP contribution in [0.25, 0.3) is 110 Å². The summed E-state index contributed by atoms with van der Waals surface area (Å²) in [5.41, 5.74) is 11.7. The summed E-state index contributed by atoms with van der Waals surface area (Å²) in [6.07, 6.45) is 0. The molecule has 0 aliphatic rings. The lowest BCUT2D eigenvalue weighted by Gasteiger charge is -2.15. The van der Waals surface area contributed by atoms with E-state index in [9.17, 15) is 0 Å². The maximum absolute atomic E-state index is 5.41. The maximum atomic E-state index is 5.41. The summed E-state index contributed by atoms with van der Waals surface area (Å²) in [5, 5.41) is 9.70. The molecule has 0 aliphatic carbocycles. The van der Waals surface area contributed by atoms with Crippen molar-refractivity contribution in [3.05, 3.63) is 206 Å². The monoisotopic (exact) mass is 738 g/mol. The Balaban J connectivity index is 1.15. The van der Waals surface area contributed by atoms with Gasteiger partial charge in [0, 0.05) is 43.6 Å². The van der Waals surface area contributed by atoms with Crippen LogP contribution in [0.2, 0.25) is 0 Å².